The molecule has 1 N–H and O–H groups in total. The van der Waals surface area contributed by atoms with Crippen LogP contribution in [0.1, 0.15) is 5.56 Å². The maximum Gasteiger partial charge on any atom is 0.573 e. The van der Waals surface area contributed by atoms with Crippen molar-refractivity contribution >= 4 is 0 Å². The van der Waals surface area contributed by atoms with E-state index in [1.165, 1.54) is 12.1 Å². The lowest BCUT2D eigenvalue weighted by Crippen LogP contribution is -2.45. The summed E-state index contributed by atoms with van der Waals surface area (Å²) in [5.74, 6) is -0.206. The van der Waals surface area contributed by atoms with Crippen LogP contribution in [0, 0.1) is 0 Å². The van der Waals surface area contributed by atoms with Gasteiger partial charge in [-0.2, -0.15) is 0 Å². The van der Waals surface area contributed by atoms with Crippen LogP contribution in [-0.4, -0.2) is 37.7 Å². The number of hydrogen-bond acceptors (Lipinski definition) is 4. The monoisotopic (exact) mass is 276 g/mol. The van der Waals surface area contributed by atoms with Gasteiger partial charge in [-0.05, 0) is 17.7 Å². The first-order valence-electron chi connectivity index (χ1n) is 5.94. The Morgan fingerprint density at radius 1 is 1.16 bits per heavy atom. The SMILES string of the molecule is FC(F)(F)Oc1ccc(CNN2CCOCC2)cc1. The van der Waals surface area contributed by atoms with Crippen molar-refractivity contribution in [3.63, 3.8) is 0 Å². The van der Waals surface area contributed by atoms with E-state index in [1.54, 1.807) is 12.1 Å². The molecule has 1 aromatic carbocycles. The smallest absolute Gasteiger partial charge is 0.406 e. The molecule has 0 unspecified atom stereocenters. The summed E-state index contributed by atoms with van der Waals surface area (Å²) in [6.45, 7) is 3.54. The molecule has 106 valence electrons. The highest BCUT2D eigenvalue weighted by Gasteiger charge is 2.30. The molecule has 7 heteroatoms. The molecule has 1 aliphatic heterocycles. The van der Waals surface area contributed by atoms with Gasteiger partial charge >= 0.3 is 6.36 Å². The highest BCUT2D eigenvalue weighted by Crippen LogP contribution is 2.22. The van der Waals surface area contributed by atoms with Gasteiger partial charge in [-0.25, -0.2) is 5.01 Å². The first-order chi connectivity index (χ1) is 9.03. The highest BCUT2D eigenvalue weighted by molar-refractivity contribution is 5.27. The summed E-state index contributed by atoms with van der Waals surface area (Å²) < 4.78 is 45.0. The lowest BCUT2D eigenvalue weighted by molar-refractivity contribution is -0.274. The van der Waals surface area contributed by atoms with Gasteiger partial charge in [-0.15, -0.1) is 13.2 Å². The van der Waals surface area contributed by atoms with E-state index in [1.807, 2.05) is 5.01 Å². The summed E-state index contributed by atoms with van der Waals surface area (Å²) in [7, 11) is 0. The number of halogens is 3. The minimum Gasteiger partial charge on any atom is -0.406 e. The Labute approximate surface area is 109 Å². The number of ether oxygens (including phenoxy) is 2. The van der Waals surface area contributed by atoms with Crippen LogP contribution >= 0.6 is 0 Å². The van der Waals surface area contributed by atoms with Crippen molar-refractivity contribution in [1.82, 2.24) is 10.4 Å². The molecule has 1 heterocycles. The molecule has 1 aromatic rings. The van der Waals surface area contributed by atoms with E-state index in [0.29, 0.717) is 19.8 Å². The normalized spacial score (nSPS) is 17.4. The van der Waals surface area contributed by atoms with Crippen LogP contribution in [0.4, 0.5) is 13.2 Å². The van der Waals surface area contributed by atoms with Crippen molar-refractivity contribution in [1.29, 1.82) is 0 Å². The van der Waals surface area contributed by atoms with Crippen LogP contribution in [0.25, 0.3) is 0 Å². The van der Waals surface area contributed by atoms with E-state index in [9.17, 15) is 13.2 Å². The number of alkyl halides is 3. The van der Waals surface area contributed by atoms with Gasteiger partial charge in [0, 0.05) is 19.6 Å². The van der Waals surface area contributed by atoms with Crippen molar-refractivity contribution in [2.24, 2.45) is 0 Å². The molecule has 1 saturated heterocycles. The third-order valence-electron chi connectivity index (χ3n) is 2.67. The zero-order valence-electron chi connectivity index (χ0n) is 10.2. The van der Waals surface area contributed by atoms with Crippen LogP contribution in [0.3, 0.4) is 0 Å². The second-order valence-electron chi connectivity index (χ2n) is 4.13. The lowest BCUT2D eigenvalue weighted by Gasteiger charge is -2.27. The molecule has 1 fully saturated rings. The molecule has 19 heavy (non-hydrogen) atoms. The van der Waals surface area contributed by atoms with Gasteiger partial charge < -0.3 is 9.47 Å². The molecule has 0 aromatic heterocycles. The maximum atomic E-state index is 12.0. The number of hydrogen-bond donors (Lipinski definition) is 1. The summed E-state index contributed by atoms with van der Waals surface area (Å²) >= 11 is 0. The van der Waals surface area contributed by atoms with Gasteiger partial charge in [-0.3, -0.25) is 5.43 Å². The Morgan fingerprint density at radius 3 is 2.37 bits per heavy atom. The highest BCUT2D eigenvalue weighted by atomic mass is 19.4. The molecular weight excluding hydrogens is 261 g/mol. The Kier molecular flexibility index (Phi) is 4.62. The fourth-order valence-electron chi connectivity index (χ4n) is 1.73. The molecule has 0 spiro atoms. The molecule has 0 atom stereocenters. The summed E-state index contributed by atoms with van der Waals surface area (Å²) in [5.41, 5.74) is 4.09. The third-order valence-corrected chi connectivity index (χ3v) is 2.67. The second kappa shape index (κ2) is 6.23. The van der Waals surface area contributed by atoms with E-state index in [-0.39, 0.29) is 5.75 Å². The molecule has 0 radical (unpaired) electrons. The fourth-order valence-corrected chi connectivity index (χ4v) is 1.73. The second-order valence-corrected chi connectivity index (χ2v) is 4.13. The first kappa shape index (κ1) is 14.1. The van der Waals surface area contributed by atoms with E-state index >= 15 is 0 Å². The molecule has 4 nitrogen and oxygen atoms in total. The summed E-state index contributed by atoms with van der Waals surface area (Å²) in [6, 6.07) is 5.83. The van der Waals surface area contributed by atoms with Crippen LogP contribution in [0.2, 0.25) is 0 Å². The van der Waals surface area contributed by atoms with Crippen LogP contribution in [-0.2, 0) is 11.3 Å². The van der Waals surface area contributed by atoms with Crippen molar-refractivity contribution in [2.75, 3.05) is 26.3 Å². The summed E-state index contributed by atoms with van der Waals surface area (Å²) in [6.07, 6.45) is -4.65. The average Bonchev–Trinajstić information content (AvgIpc) is 2.37. The number of benzene rings is 1. The minimum absolute atomic E-state index is 0.206. The van der Waals surface area contributed by atoms with Gasteiger partial charge in [0.2, 0.25) is 0 Å². The van der Waals surface area contributed by atoms with Crippen molar-refractivity contribution in [2.45, 2.75) is 12.9 Å². The minimum atomic E-state index is -4.65. The van der Waals surface area contributed by atoms with Crippen LogP contribution in [0.15, 0.2) is 24.3 Å². The number of nitrogens with zero attached hydrogens (tertiary/aromatic N) is 1. The zero-order chi connectivity index (χ0) is 13.7. The molecule has 2 rings (SSSR count). The lowest BCUT2D eigenvalue weighted by atomic mass is 10.2. The van der Waals surface area contributed by atoms with E-state index < -0.39 is 6.36 Å². The largest absolute Gasteiger partial charge is 0.573 e. The average molecular weight is 276 g/mol. The number of nitrogens with one attached hydrogen (secondary N) is 1. The van der Waals surface area contributed by atoms with Crippen molar-refractivity contribution in [3.8, 4) is 5.75 Å². The molecule has 0 amide bonds. The van der Waals surface area contributed by atoms with Gasteiger partial charge in [0.25, 0.3) is 0 Å². The van der Waals surface area contributed by atoms with E-state index in [2.05, 4.69) is 10.2 Å². The van der Waals surface area contributed by atoms with E-state index in [0.717, 1.165) is 18.7 Å². The Balaban J connectivity index is 1.81. The standard InChI is InChI=1S/C12H15F3N2O2/c13-12(14,15)19-11-3-1-10(2-4-11)9-16-17-5-7-18-8-6-17/h1-4,16H,5-9H2. The predicted molar refractivity (Wildman–Crippen MR) is 62.4 cm³/mol. The summed E-state index contributed by atoms with van der Waals surface area (Å²) in [5, 5.41) is 2.03. The molecule has 0 bridgehead atoms. The Morgan fingerprint density at radius 2 is 1.79 bits per heavy atom. The third kappa shape index (κ3) is 5.06. The predicted octanol–water partition coefficient (Wildman–Crippen LogP) is 1.92. The molecular formula is C12H15F3N2O2. The number of morpholine rings is 1. The van der Waals surface area contributed by atoms with Crippen LogP contribution in [0.5, 0.6) is 5.75 Å². The van der Waals surface area contributed by atoms with Gasteiger partial charge in [0.05, 0.1) is 13.2 Å². The topological polar surface area (TPSA) is 33.7 Å². The fraction of sp³-hybridized carbons (Fsp3) is 0.500. The van der Waals surface area contributed by atoms with Crippen LogP contribution < -0.4 is 10.2 Å². The van der Waals surface area contributed by atoms with Crippen molar-refractivity contribution < 1.29 is 22.6 Å². The first-order valence-corrected chi connectivity index (χ1v) is 5.94. The maximum absolute atomic E-state index is 12.0. The summed E-state index contributed by atoms with van der Waals surface area (Å²) in [4.78, 5) is 0. The van der Waals surface area contributed by atoms with Gasteiger partial charge in [0.15, 0.2) is 0 Å². The van der Waals surface area contributed by atoms with E-state index in [4.69, 9.17) is 4.74 Å². The molecule has 0 saturated carbocycles. The van der Waals surface area contributed by atoms with Gasteiger partial charge in [-0.1, -0.05) is 12.1 Å². The van der Waals surface area contributed by atoms with Crippen molar-refractivity contribution in [3.05, 3.63) is 29.8 Å². The molecule has 0 aliphatic carbocycles. The number of rotatable bonds is 4. The molecule has 1 aliphatic rings. The Bertz CT molecular complexity index is 389. The zero-order valence-corrected chi connectivity index (χ0v) is 10.2. The number of hydrazine groups is 1. The quantitative estimate of drug-likeness (QED) is 0.911. The Hall–Kier alpha value is -1.31. The van der Waals surface area contributed by atoms with Gasteiger partial charge in [0.1, 0.15) is 5.75 Å².